The highest BCUT2D eigenvalue weighted by Gasteiger charge is 2.23. The first-order valence-corrected chi connectivity index (χ1v) is 11.0. The van der Waals surface area contributed by atoms with E-state index < -0.39 is 0 Å². The molecule has 1 N–H and O–H groups in total. The van der Waals surface area contributed by atoms with Crippen LogP contribution in [-0.4, -0.2) is 20.4 Å². The number of amides is 1. The van der Waals surface area contributed by atoms with Gasteiger partial charge in [0.05, 0.1) is 0 Å². The number of pyridine rings is 1. The largest absolute Gasteiger partial charge is 0.348 e. The van der Waals surface area contributed by atoms with Crippen molar-refractivity contribution in [1.29, 1.82) is 0 Å². The van der Waals surface area contributed by atoms with Gasteiger partial charge in [0.25, 0.3) is 11.5 Å². The van der Waals surface area contributed by atoms with Crippen LogP contribution >= 0.6 is 0 Å². The zero-order chi connectivity index (χ0) is 21.9. The molecule has 2 aromatic heterocycles. The number of benzene rings is 2. The Kier molecular flexibility index (Phi) is 5.50. The first kappa shape index (κ1) is 20.1. The van der Waals surface area contributed by atoms with Gasteiger partial charge in [-0.2, -0.15) is 0 Å². The van der Waals surface area contributed by atoms with Crippen LogP contribution in [0.2, 0.25) is 0 Å². The summed E-state index contributed by atoms with van der Waals surface area (Å²) in [6.07, 6.45) is 5.91. The van der Waals surface area contributed by atoms with Gasteiger partial charge in [0, 0.05) is 29.9 Å². The Labute approximate surface area is 186 Å². The van der Waals surface area contributed by atoms with Crippen molar-refractivity contribution in [1.82, 2.24) is 19.9 Å². The molecule has 1 saturated carbocycles. The maximum atomic E-state index is 13.4. The summed E-state index contributed by atoms with van der Waals surface area (Å²) < 4.78 is 1.82. The summed E-state index contributed by atoms with van der Waals surface area (Å²) >= 11 is 0. The van der Waals surface area contributed by atoms with Crippen LogP contribution in [0.15, 0.2) is 77.7 Å². The third kappa shape index (κ3) is 3.91. The second-order valence-electron chi connectivity index (χ2n) is 8.17. The number of carbonyl (C=O) groups excluding carboxylic acids is 1. The van der Waals surface area contributed by atoms with Gasteiger partial charge in [-0.3, -0.25) is 14.2 Å². The predicted octanol–water partition coefficient (Wildman–Crippen LogP) is 4.50. The second kappa shape index (κ2) is 8.75. The van der Waals surface area contributed by atoms with Gasteiger partial charge >= 0.3 is 0 Å². The standard InChI is InChI=1S/C26H24N4O2/c31-25(28-17-18-7-2-1-3-8-18)20-14-12-19(13-15-20)23-26(32)30(21-9-4-5-10-21)24-22(29-23)11-6-16-27-24/h1-3,6-8,11-16,21H,4-5,9-10,17H2,(H,28,31). The molecule has 0 saturated heterocycles. The SMILES string of the molecule is O=C(NCc1ccccc1)c1ccc(-c2nc3cccnc3n(C3CCCC3)c2=O)cc1. The van der Waals surface area contributed by atoms with E-state index in [1.54, 1.807) is 30.5 Å². The maximum absolute atomic E-state index is 13.4. The van der Waals surface area contributed by atoms with Gasteiger partial charge in [0.2, 0.25) is 0 Å². The lowest BCUT2D eigenvalue weighted by molar-refractivity contribution is 0.0951. The number of aromatic nitrogens is 3. The molecular formula is C26H24N4O2. The van der Waals surface area contributed by atoms with Crippen molar-refractivity contribution in [3.63, 3.8) is 0 Å². The van der Waals surface area contributed by atoms with Gasteiger partial charge < -0.3 is 5.32 Å². The summed E-state index contributed by atoms with van der Waals surface area (Å²) in [4.78, 5) is 35.0. The van der Waals surface area contributed by atoms with Crippen molar-refractivity contribution in [2.75, 3.05) is 0 Å². The van der Waals surface area contributed by atoms with E-state index in [9.17, 15) is 9.59 Å². The first-order valence-electron chi connectivity index (χ1n) is 11.0. The monoisotopic (exact) mass is 424 g/mol. The van der Waals surface area contributed by atoms with Crippen molar-refractivity contribution in [3.05, 3.63) is 94.4 Å². The van der Waals surface area contributed by atoms with Crippen molar-refractivity contribution in [2.45, 2.75) is 38.3 Å². The highest BCUT2D eigenvalue weighted by Crippen LogP contribution is 2.30. The lowest BCUT2D eigenvalue weighted by atomic mass is 10.1. The number of fused-ring (bicyclic) bond motifs is 1. The molecule has 1 fully saturated rings. The molecule has 2 aromatic carbocycles. The molecule has 5 rings (SSSR count). The molecule has 6 heteroatoms. The van der Waals surface area contributed by atoms with E-state index in [1.807, 2.05) is 47.0 Å². The lowest BCUT2D eigenvalue weighted by Gasteiger charge is -2.17. The van der Waals surface area contributed by atoms with E-state index in [0.29, 0.717) is 34.5 Å². The first-order chi connectivity index (χ1) is 15.7. The van der Waals surface area contributed by atoms with E-state index in [4.69, 9.17) is 0 Å². The average Bonchev–Trinajstić information content (AvgIpc) is 3.37. The summed E-state index contributed by atoms with van der Waals surface area (Å²) in [5.74, 6) is -0.153. The van der Waals surface area contributed by atoms with E-state index >= 15 is 0 Å². The lowest BCUT2D eigenvalue weighted by Crippen LogP contribution is -2.27. The third-order valence-electron chi connectivity index (χ3n) is 6.05. The van der Waals surface area contributed by atoms with Gasteiger partial charge in [-0.1, -0.05) is 55.3 Å². The predicted molar refractivity (Wildman–Crippen MR) is 124 cm³/mol. The molecule has 0 radical (unpaired) electrons. The number of hydrogen-bond acceptors (Lipinski definition) is 4. The zero-order valence-corrected chi connectivity index (χ0v) is 17.7. The molecule has 0 unspecified atom stereocenters. The van der Waals surface area contributed by atoms with Crippen molar-refractivity contribution >= 4 is 17.1 Å². The van der Waals surface area contributed by atoms with Gasteiger partial charge in [-0.25, -0.2) is 9.97 Å². The Morgan fingerprint density at radius 1 is 0.969 bits per heavy atom. The summed E-state index contributed by atoms with van der Waals surface area (Å²) in [5, 5.41) is 2.93. The molecule has 0 bridgehead atoms. The average molecular weight is 425 g/mol. The Balaban J connectivity index is 1.45. The quantitative estimate of drug-likeness (QED) is 0.512. The van der Waals surface area contributed by atoms with E-state index in [1.165, 1.54) is 0 Å². The molecule has 0 spiro atoms. The fourth-order valence-electron chi connectivity index (χ4n) is 4.39. The Bertz CT molecular complexity index is 1310. The minimum atomic E-state index is -0.153. The minimum absolute atomic E-state index is 0.121. The Morgan fingerprint density at radius 3 is 2.47 bits per heavy atom. The van der Waals surface area contributed by atoms with Crippen molar-refractivity contribution < 1.29 is 4.79 Å². The van der Waals surface area contributed by atoms with Crippen LogP contribution in [0, 0.1) is 0 Å². The van der Waals surface area contributed by atoms with Crippen LogP contribution < -0.4 is 10.9 Å². The van der Waals surface area contributed by atoms with E-state index in [0.717, 1.165) is 31.2 Å². The van der Waals surface area contributed by atoms with Crippen molar-refractivity contribution in [3.8, 4) is 11.3 Å². The summed E-state index contributed by atoms with van der Waals surface area (Å²) in [6, 6.07) is 20.7. The maximum Gasteiger partial charge on any atom is 0.278 e. The van der Waals surface area contributed by atoms with Crippen LogP contribution in [-0.2, 0) is 6.54 Å². The summed E-state index contributed by atoms with van der Waals surface area (Å²) in [6.45, 7) is 0.465. The molecule has 1 amide bonds. The fraction of sp³-hybridized carbons (Fsp3) is 0.231. The Hall–Kier alpha value is -3.80. The number of nitrogens with zero attached hydrogens (tertiary/aromatic N) is 3. The molecule has 0 atom stereocenters. The fourth-order valence-corrected chi connectivity index (χ4v) is 4.39. The van der Waals surface area contributed by atoms with Crippen LogP contribution in [0.3, 0.4) is 0 Å². The summed E-state index contributed by atoms with van der Waals surface area (Å²) in [5.41, 5.74) is 3.91. The number of rotatable bonds is 5. The molecular weight excluding hydrogens is 400 g/mol. The minimum Gasteiger partial charge on any atom is -0.348 e. The Morgan fingerprint density at radius 2 is 1.72 bits per heavy atom. The highest BCUT2D eigenvalue weighted by atomic mass is 16.1. The molecule has 32 heavy (non-hydrogen) atoms. The molecule has 1 aliphatic carbocycles. The van der Waals surface area contributed by atoms with Crippen LogP contribution in [0.5, 0.6) is 0 Å². The topological polar surface area (TPSA) is 76.9 Å². The van der Waals surface area contributed by atoms with Gasteiger partial charge in [0.15, 0.2) is 5.65 Å². The smallest absolute Gasteiger partial charge is 0.278 e. The summed E-state index contributed by atoms with van der Waals surface area (Å²) in [7, 11) is 0. The molecule has 4 aromatic rings. The van der Waals surface area contributed by atoms with Gasteiger partial charge in [-0.05, 0) is 42.7 Å². The zero-order valence-electron chi connectivity index (χ0n) is 17.7. The van der Waals surface area contributed by atoms with Crippen LogP contribution in [0.4, 0.5) is 0 Å². The molecule has 0 aliphatic heterocycles. The van der Waals surface area contributed by atoms with E-state index in [2.05, 4.69) is 15.3 Å². The highest BCUT2D eigenvalue weighted by molar-refractivity contribution is 5.94. The normalized spacial score (nSPS) is 14.0. The van der Waals surface area contributed by atoms with Crippen LogP contribution in [0.1, 0.15) is 47.6 Å². The number of hydrogen-bond donors (Lipinski definition) is 1. The van der Waals surface area contributed by atoms with Gasteiger partial charge in [0.1, 0.15) is 11.2 Å². The van der Waals surface area contributed by atoms with E-state index in [-0.39, 0.29) is 17.5 Å². The molecule has 160 valence electrons. The van der Waals surface area contributed by atoms with Crippen molar-refractivity contribution in [2.24, 2.45) is 0 Å². The number of carbonyl (C=O) groups is 1. The second-order valence-corrected chi connectivity index (χ2v) is 8.17. The molecule has 6 nitrogen and oxygen atoms in total. The van der Waals surface area contributed by atoms with Crippen LogP contribution in [0.25, 0.3) is 22.4 Å². The molecule has 1 aliphatic rings. The third-order valence-corrected chi connectivity index (χ3v) is 6.05. The number of nitrogens with one attached hydrogen (secondary N) is 1. The molecule has 2 heterocycles. The van der Waals surface area contributed by atoms with Gasteiger partial charge in [-0.15, -0.1) is 0 Å².